The van der Waals surface area contributed by atoms with Crippen LogP contribution in [0.25, 0.3) is 0 Å². The molecule has 1 atom stereocenters. The number of aromatic nitrogens is 3. The van der Waals surface area contributed by atoms with Gasteiger partial charge in [-0.25, -0.2) is 0 Å². The molecule has 7 heteroatoms. The fraction of sp³-hybridized carbons (Fsp3) is 0.769. The van der Waals surface area contributed by atoms with Crippen LogP contribution >= 0.6 is 11.6 Å². The standard InChI is InChI=1S/C13H22ClN5O/c1-3-6-15-12-17-11(14)18-13(19-12)16-9(2)10-4-7-20-8-5-10/h9-10H,3-8H2,1-2H3,(H2,15,16,17,18,19). The van der Waals surface area contributed by atoms with Gasteiger partial charge in [-0.05, 0) is 43.7 Å². The Labute approximate surface area is 124 Å². The zero-order chi connectivity index (χ0) is 14.4. The number of halogens is 1. The van der Waals surface area contributed by atoms with E-state index in [0.717, 1.165) is 39.0 Å². The molecule has 0 bridgehead atoms. The number of hydrogen-bond acceptors (Lipinski definition) is 6. The van der Waals surface area contributed by atoms with Crippen LogP contribution in [0.4, 0.5) is 11.9 Å². The summed E-state index contributed by atoms with van der Waals surface area (Å²) in [6.07, 6.45) is 3.13. The van der Waals surface area contributed by atoms with Crippen LogP contribution in [0.1, 0.15) is 33.1 Å². The van der Waals surface area contributed by atoms with Gasteiger partial charge in [-0.1, -0.05) is 6.92 Å². The number of ether oxygens (including phenoxy) is 1. The summed E-state index contributed by atoms with van der Waals surface area (Å²) in [4.78, 5) is 12.5. The number of anilines is 2. The monoisotopic (exact) mass is 299 g/mol. The van der Waals surface area contributed by atoms with Gasteiger partial charge < -0.3 is 15.4 Å². The van der Waals surface area contributed by atoms with Crippen LogP contribution < -0.4 is 10.6 Å². The maximum absolute atomic E-state index is 5.94. The minimum Gasteiger partial charge on any atom is -0.381 e. The van der Waals surface area contributed by atoms with E-state index in [9.17, 15) is 0 Å². The van der Waals surface area contributed by atoms with Crippen LogP contribution in [0.3, 0.4) is 0 Å². The highest BCUT2D eigenvalue weighted by Gasteiger charge is 2.21. The predicted octanol–water partition coefficient (Wildman–Crippen LogP) is 2.57. The molecule has 2 heterocycles. The average molecular weight is 300 g/mol. The van der Waals surface area contributed by atoms with Crippen molar-refractivity contribution in [2.75, 3.05) is 30.4 Å². The maximum Gasteiger partial charge on any atom is 0.229 e. The number of rotatable bonds is 6. The lowest BCUT2D eigenvalue weighted by Gasteiger charge is -2.28. The second-order valence-corrected chi connectivity index (χ2v) is 5.40. The van der Waals surface area contributed by atoms with E-state index in [-0.39, 0.29) is 11.3 Å². The van der Waals surface area contributed by atoms with Crippen molar-refractivity contribution in [1.82, 2.24) is 15.0 Å². The van der Waals surface area contributed by atoms with Crippen molar-refractivity contribution in [3.63, 3.8) is 0 Å². The van der Waals surface area contributed by atoms with Crippen LogP contribution in [-0.2, 0) is 4.74 Å². The molecule has 1 fully saturated rings. The van der Waals surface area contributed by atoms with Gasteiger partial charge in [-0.2, -0.15) is 15.0 Å². The maximum atomic E-state index is 5.94. The Kier molecular flexibility index (Phi) is 5.79. The molecule has 6 nitrogen and oxygen atoms in total. The van der Waals surface area contributed by atoms with Gasteiger partial charge in [0, 0.05) is 25.8 Å². The molecule has 0 aliphatic carbocycles. The van der Waals surface area contributed by atoms with E-state index in [1.807, 2.05) is 0 Å². The molecule has 112 valence electrons. The van der Waals surface area contributed by atoms with Gasteiger partial charge in [0.25, 0.3) is 0 Å². The number of nitrogens with one attached hydrogen (secondary N) is 2. The molecule has 1 aliphatic rings. The van der Waals surface area contributed by atoms with Crippen LogP contribution in [-0.4, -0.2) is 40.8 Å². The normalized spacial score (nSPS) is 17.8. The summed E-state index contributed by atoms with van der Waals surface area (Å²) < 4.78 is 5.38. The molecule has 2 rings (SSSR count). The van der Waals surface area contributed by atoms with Crippen LogP contribution in [0.2, 0.25) is 5.28 Å². The minimum absolute atomic E-state index is 0.209. The summed E-state index contributed by atoms with van der Waals surface area (Å²) in [5, 5.41) is 6.66. The second-order valence-electron chi connectivity index (χ2n) is 5.06. The Morgan fingerprint density at radius 1 is 1.25 bits per heavy atom. The molecule has 1 aromatic heterocycles. The van der Waals surface area contributed by atoms with E-state index < -0.39 is 0 Å². The Morgan fingerprint density at radius 2 is 1.95 bits per heavy atom. The van der Waals surface area contributed by atoms with Gasteiger partial charge in [0.2, 0.25) is 17.2 Å². The number of nitrogens with zero attached hydrogens (tertiary/aromatic N) is 3. The third-order valence-corrected chi connectivity index (χ3v) is 3.64. The lowest BCUT2D eigenvalue weighted by molar-refractivity contribution is 0.0621. The smallest absolute Gasteiger partial charge is 0.229 e. The summed E-state index contributed by atoms with van der Waals surface area (Å²) in [5.41, 5.74) is 0. The highest BCUT2D eigenvalue weighted by Crippen LogP contribution is 2.21. The summed E-state index contributed by atoms with van der Waals surface area (Å²) in [5.74, 6) is 1.63. The Hall–Kier alpha value is -1.14. The second kappa shape index (κ2) is 7.59. The van der Waals surface area contributed by atoms with Gasteiger partial charge in [-0.3, -0.25) is 0 Å². The van der Waals surface area contributed by atoms with Crippen molar-refractivity contribution in [3.8, 4) is 0 Å². The van der Waals surface area contributed by atoms with Crippen molar-refractivity contribution in [3.05, 3.63) is 5.28 Å². The van der Waals surface area contributed by atoms with E-state index >= 15 is 0 Å². The molecule has 1 aromatic rings. The Morgan fingerprint density at radius 3 is 2.65 bits per heavy atom. The highest BCUT2D eigenvalue weighted by atomic mass is 35.5. The highest BCUT2D eigenvalue weighted by molar-refractivity contribution is 6.28. The molecule has 0 saturated carbocycles. The summed E-state index contributed by atoms with van der Waals surface area (Å²) in [7, 11) is 0. The topological polar surface area (TPSA) is 72.0 Å². The van der Waals surface area contributed by atoms with E-state index in [4.69, 9.17) is 16.3 Å². The van der Waals surface area contributed by atoms with Crippen LogP contribution in [0, 0.1) is 5.92 Å². The van der Waals surface area contributed by atoms with Crippen LogP contribution in [0.5, 0.6) is 0 Å². The molecule has 2 N–H and O–H groups in total. The first-order chi connectivity index (χ1) is 9.69. The van der Waals surface area contributed by atoms with Crippen molar-refractivity contribution in [1.29, 1.82) is 0 Å². The lowest BCUT2D eigenvalue weighted by atomic mass is 9.93. The van der Waals surface area contributed by atoms with E-state index in [2.05, 4.69) is 39.4 Å². The molecule has 0 radical (unpaired) electrons. The van der Waals surface area contributed by atoms with E-state index in [1.54, 1.807) is 0 Å². The van der Waals surface area contributed by atoms with E-state index in [0.29, 0.717) is 17.8 Å². The van der Waals surface area contributed by atoms with Crippen molar-refractivity contribution < 1.29 is 4.74 Å². The summed E-state index contributed by atoms with van der Waals surface area (Å²) >= 11 is 5.94. The third-order valence-electron chi connectivity index (χ3n) is 3.47. The minimum atomic E-state index is 0.209. The zero-order valence-corrected chi connectivity index (χ0v) is 12.8. The fourth-order valence-corrected chi connectivity index (χ4v) is 2.43. The predicted molar refractivity (Wildman–Crippen MR) is 80.2 cm³/mol. The molecule has 1 unspecified atom stereocenters. The summed E-state index contributed by atoms with van der Waals surface area (Å²) in [6.45, 7) is 6.71. The van der Waals surface area contributed by atoms with Gasteiger partial charge >= 0.3 is 0 Å². The molecule has 0 amide bonds. The van der Waals surface area contributed by atoms with Crippen molar-refractivity contribution in [2.24, 2.45) is 5.92 Å². The van der Waals surface area contributed by atoms with Crippen LogP contribution in [0.15, 0.2) is 0 Å². The fourth-order valence-electron chi connectivity index (χ4n) is 2.27. The van der Waals surface area contributed by atoms with Gasteiger partial charge in [0.15, 0.2) is 0 Å². The molecular formula is C13H22ClN5O. The molecule has 1 aliphatic heterocycles. The molecule has 0 aromatic carbocycles. The first kappa shape index (κ1) is 15.3. The molecular weight excluding hydrogens is 278 g/mol. The first-order valence-electron chi connectivity index (χ1n) is 7.18. The van der Waals surface area contributed by atoms with Gasteiger partial charge in [0.05, 0.1) is 0 Å². The first-order valence-corrected chi connectivity index (χ1v) is 7.56. The SMILES string of the molecule is CCCNc1nc(Cl)nc(NC(C)C2CCOCC2)n1. The van der Waals surface area contributed by atoms with Crippen molar-refractivity contribution in [2.45, 2.75) is 39.2 Å². The third kappa shape index (κ3) is 4.45. The Bertz CT molecular complexity index is 425. The average Bonchev–Trinajstić information content (AvgIpc) is 2.45. The molecule has 1 saturated heterocycles. The summed E-state index contributed by atoms with van der Waals surface area (Å²) in [6, 6.07) is 0.288. The quantitative estimate of drug-likeness (QED) is 0.841. The van der Waals surface area contributed by atoms with Gasteiger partial charge in [0.1, 0.15) is 0 Å². The zero-order valence-electron chi connectivity index (χ0n) is 12.0. The van der Waals surface area contributed by atoms with Gasteiger partial charge in [-0.15, -0.1) is 0 Å². The lowest BCUT2D eigenvalue weighted by Crippen LogP contribution is -2.31. The number of hydrogen-bond donors (Lipinski definition) is 2. The largest absolute Gasteiger partial charge is 0.381 e. The van der Waals surface area contributed by atoms with E-state index in [1.165, 1.54) is 0 Å². The van der Waals surface area contributed by atoms with Crippen molar-refractivity contribution >= 4 is 23.5 Å². The molecule has 0 spiro atoms. The Balaban J connectivity index is 1.98. The molecule has 20 heavy (non-hydrogen) atoms.